The van der Waals surface area contributed by atoms with Crippen molar-refractivity contribution in [1.29, 1.82) is 0 Å². The fraction of sp³-hybridized carbons (Fsp3) is 0.571. The summed E-state index contributed by atoms with van der Waals surface area (Å²) in [4.78, 5) is 2.58. The molecule has 1 aromatic carbocycles. The smallest absolute Gasteiger partial charge is 0.0107 e. The van der Waals surface area contributed by atoms with E-state index in [1.54, 1.807) is 0 Å². The summed E-state index contributed by atoms with van der Waals surface area (Å²) in [5.41, 5.74) is 1.46. The lowest BCUT2D eigenvalue weighted by Crippen LogP contribution is -2.31. The molecule has 0 bridgehead atoms. The highest BCUT2D eigenvalue weighted by Crippen LogP contribution is 2.16. The van der Waals surface area contributed by atoms with Gasteiger partial charge in [0.2, 0.25) is 0 Å². The zero-order valence-electron chi connectivity index (χ0n) is 10.2. The van der Waals surface area contributed by atoms with Crippen molar-refractivity contribution in [3.8, 4) is 0 Å². The van der Waals surface area contributed by atoms with Gasteiger partial charge in [-0.25, -0.2) is 0 Å². The van der Waals surface area contributed by atoms with Crippen LogP contribution in [0.5, 0.6) is 0 Å². The Balaban J connectivity index is 1.88. The van der Waals surface area contributed by atoms with Crippen LogP contribution in [0.3, 0.4) is 0 Å². The third kappa shape index (κ3) is 3.32. The molecule has 2 rings (SSSR count). The Hall–Kier alpha value is -0.860. The minimum atomic E-state index is 0.638. The van der Waals surface area contributed by atoms with Crippen molar-refractivity contribution in [3.63, 3.8) is 0 Å². The monoisotopic (exact) mass is 218 g/mol. The molecule has 1 heterocycles. The molecular weight excluding hydrogens is 196 g/mol. The van der Waals surface area contributed by atoms with Crippen molar-refractivity contribution in [2.75, 3.05) is 32.7 Å². The van der Waals surface area contributed by atoms with E-state index in [-0.39, 0.29) is 0 Å². The van der Waals surface area contributed by atoms with Gasteiger partial charge in [-0.05, 0) is 31.0 Å². The number of benzene rings is 1. The van der Waals surface area contributed by atoms with E-state index in [4.69, 9.17) is 0 Å². The predicted octanol–water partition coefficient (Wildman–Crippen LogP) is 2.09. The third-order valence-corrected chi connectivity index (χ3v) is 3.33. The van der Waals surface area contributed by atoms with Crippen LogP contribution < -0.4 is 5.32 Å². The molecule has 2 nitrogen and oxygen atoms in total. The molecule has 1 saturated heterocycles. The maximum atomic E-state index is 3.45. The minimum absolute atomic E-state index is 0.638. The Kier molecular flexibility index (Phi) is 4.37. The van der Waals surface area contributed by atoms with Gasteiger partial charge in [-0.3, -0.25) is 0 Å². The van der Waals surface area contributed by atoms with Crippen LogP contribution in [0.4, 0.5) is 0 Å². The highest BCUT2D eigenvalue weighted by molar-refractivity contribution is 5.19. The highest BCUT2D eigenvalue weighted by atomic mass is 15.1. The molecule has 1 fully saturated rings. The van der Waals surface area contributed by atoms with Crippen molar-refractivity contribution in [2.24, 2.45) is 0 Å². The molecular formula is C14H22N2. The van der Waals surface area contributed by atoms with Crippen molar-refractivity contribution in [3.05, 3.63) is 35.9 Å². The molecule has 1 aromatic rings. The molecule has 1 atom stereocenters. The average molecular weight is 218 g/mol. The molecule has 2 heteroatoms. The average Bonchev–Trinajstić information content (AvgIpc) is 2.59. The normalized spacial score (nSPS) is 20.3. The van der Waals surface area contributed by atoms with E-state index >= 15 is 0 Å². The van der Waals surface area contributed by atoms with Gasteiger partial charge in [0.25, 0.3) is 0 Å². The van der Waals surface area contributed by atoms with E-state index in [0.717, 1.165) is 6.54 Å². The van der Waals surface area contributed by atoms with E-state index in [0.29, 0.717) is 5.92 Å². The largest absolute Gasteiger partial charge is 0.315 e. The first kappa shape index (κ1) is 11.6. The van der Waals surface area contributed by atoms with Gasteiger partial charge in [0.1, 0.15) is 0 Å². The number of nitrogens with one attached hydrogen (secondary N) is 1. The summed E-state index contributed by atoms with van der Waals surface area (Å²) in [6, 6.07) is 10.8. The van der Waals surface area contributed by atoms with E-state index in [1.807, 2.05) is 0 Å². The highest BCUT2D eigenvalue weighted by Gasteiger charge is 2.13. The zero-order chi connectivity index (χ0) is 11.2. The van der Waals surface area contributed by atoms with Crippen LogP contribution >= 0.6 is 0 Å². The van der Waals surface area contributed by atoms with E-state index in [1.165, 1.54) is 38.2 Å². The fourth-order valence-electron chi connectivity index (χ4n) is 2.36. The number of hydrogen-bond acceptors (Lipinski definition) is 2. The summed E-state index contributed by atoms with van der Waals surface area (Å²) < 4.78 is 0. The van der Waals surface area contributed by atoms with Crippen molar-refractivity contribution in [1.82, 2.24) is 10.2 Å². The third-order valence-electron chi connectivity index (χ3n) is 3.33. The van der Waals surface area contributed by atoms with Crippen molar-refractivity contribution >= 4 is 0 Å². The lowest BCUT2D eigenvalue weighted by Gasteiger charge is -2.23. The van der Waals surface area contributed by atoms with E-state index < -0.39 is 0 Å². The summed E-state index contributed by atoms with van der Waals surface area (Å²) in [7, 11) is 0. The molecule has 0 aliphatic carbocycles. The second-order valence-corrected chi connectivity index (χ2v) is 4.72. The zero-order valence-corrected chi connectivity index (χ0v) is 10.2. The van der Waals surface area contributed by atoms with Crippen LogP contribution in [0.25, 0.3) is 0 Å². The molecule has 0 radical (unpaired) electrons. The van der Waals surface area contributed by atoms with Crippen LogP contribution in [0.15, 0.2) is 30.3 Å². The molecule has 0 spiro atoms. The van der Waals surface area contributed by atoms with Gasteiger partial charge in [0.05, 0.1) is 0 Å². The maximum Gasteiger partial charge on any atom is 0.0107 e. The summed E-state index contributed by atoms with van der Waals surface area (Å²) in [5, 5.41) is 3.45. The van der Waals surface area contributed by atoms with Gasteiger partial charge in [-0.15, -0.1) is 0 Å². The quantitative estimate of drug-likeness (QED) is 0.835. The number of hydrogen-bond donors (Lipinski definition) is 1. The second kappa shape index (κ2) is 6.02. The van der Waals surface area contributed by atoms with Crippen molar-refractivity contribution < 1.29 is 0 Å². The molecule has 1 aliphatic rings. The topological polar surface area (TPSA) is 15.3 Å². The summed E-state index contributed by atoms with van der Waals surface area (Å²) >= 11 is 0. The van der Waals surface area contributed by atoms with Gasteiger partial charge < -0.3 is 10.2 Å². The lowest BCUT2D eigenvalue weighted by molar-refractivity contribution is 0.278. The van der Waals surface area contributed by atoms with Crippen molar-refractivity contribution in [2.45, 2.75) is 19.3 Å². The minimum Gasteiger partial charge on any atom is -0.315 e. The lowest BCUT2D eigenvalue weighted by atomic mass is 10.0. The first-order valence-corrected chi connectivity index (χ1v) is 6.34. The molecule has 1 N–H and O–H groups in total. The predicted molar refractivity (Wildman–Crippen MR) is 68.8 cm³/mol. The maximum absolute atomic E-state index is 3.45. The summed E-state index contributed by atoms with van der Waals surface area (Å²) in [5.74, 6) is 0.638. The summed E-state index contributed by atoms with van der Waals surface area (Å²) in [6.45, 7) is 8.26. The molecule has 16 heavy (non-hydrogen) atoms. The molecule has 1 aliphatic heterocycles. The van der Waals surface area contributed by atoms with E-state index in [9.17, 15) is 0 Å². The van der Waals surface area contributed by atoms with Crippen LogP contribution in [0.1, 0.15) is 24.8 Å². The van der Waals surface area contributed by atoms with Gasteiger partial charge in [0.15, 0.2) is 0 Å². The Labute approximate surface area is 98.7 Å². The Morgan fingerprint density at radius 3 is 2.81 bits per heavy atom. The SMILES string of the molecule is C[C@H](CN1CCCNCC1)c1ccccc1. The van der Waals surface area contributed by atoms with Crippen LogP contribution in [-0.4, -0.2) is 37.6 Å². The molecule has 0 unspecified atom stereocenters. The van der Waals surface area contributed by atoms with E-state index in [2.05, 4.69) is 47.5 Å². The van der Waals surface area contributed by atoms with Crippen LogP contribution in [0.2, 0.25) is 0 Å². The van der Waals surface area contributed by atoms with Gasteiger partial charge in [-0.1, -0.05) is 37.3 Å². The fourth-order valence-corrected chi connectivity index (χ4v) is 2.36. The molecule has 0 saturated carbocycles. The molecule has 0 amide bonds. The number of rotatable bonds is 3. The molecule has 88 valence electrons. The Bertz CT molecular complexity index is 289. The first-order valence-electron chi connectivity index (χ1n) is 6.34. The number of nitrogens with zero attached hydrogens (tertiary/aromatic N) is 1. The molecule has 0 aromatic heterocycles. The van der Waals surface area contributed by atoms with Crippen LogP contribution in [-0.2, 0) is 0 Å². The Morgan fingerprint density at radius 1 is 1.19 bits per heavy atom. The second-order valence-electron chi connectivity index (χ2n) is 4.72. The Morgan fingerprint density at radius 2 is 2.00 bits per heavy atom. The van der Waals surface area contributed by atoms with Gasteiger partial charge >= 0.3 is 0 Å². The van der Waals surface area contributed by atoms with Gasteiger partial charge in [0, 0.05) is 19.6 Å². The van der Waals surface area contributed by atoms with Gasteiger partial charge in [-0.2, -0.15) is 0 Å². The standard InChI is InChI=1S/C14H22N2/c1-13(14-6-3-2-4-7-14)12-16-10-5-8-15-9-11-16/h2-4,6-7,13,15H,5,8-12H2,1H3/t13-/m1/s1. The van der Waals surface area contributed by atoms with Crippen LogP contribution in [0, 0.1) is 0 Å². The summed E-state index contributed by atoms with van der Waals surface area (Å²) in [6.07, 6.45) is 1.28. The first-order chi connectivity index (χ1) is 7.86.